The topological polar surface area (TPSA) is 55.7 Å². The minimum absolute atomic E-state index is 0.0596. The molecule has 1 aliphatic heterocycles. The van der Waals surface area contributed by atoms with Gasteiger partial charge in [0.25, 0.3) is 0 Å². The molecule has 188 valence electrons. The molecule has 2 heterocycles. The number of aryl methyl sites for hydroxylation is 2. The molecular formula is C29H39N3O3. The number of aromatic nitrogens is 1. The average Bonchev–Trinajstić information content (AvgIpc) is 3.41. The Balaban J connectivity index is 1.45. The highest BCUT2D eigenvalue weighted by molar-refractivity contribution is 5.85. The van der Waals surface area contributed by atoms with Crippen molar-refractivity contribution in [2.24, 2.45) is 11.8 Å². The maximum Gasteiger partial charge on any atom is 0.415 e. The van der Waals surface area contributed by atoms with Gasteiger partial charge in [0.1, 0.15) is 5.75 Å². The van der Waals surface area contributed by atoms with Crippen LogP contribution in [0.2, 0.25) is 0 Å². The van der Waals surface area contributed by atoms with E-state index in [4.69, 9.17) is 9.47 Å². The van der Waals surface area contributed by atoms with E-state index in [9.17, 15) is 4.79 Å². The Hall–Kier alpha value is -2.83. The van der Waals surface area contributed by atoms with Crippen molar-refractivity contribution in [1.82, 2.24) is 14.8 Å². The number of nitrogens with one attached hydrogen (secondary N) is 1. The van der Waals surface area contributed by atoms with Crippen LogP contribution in [0.4, 0.5) is 4.79 Å². The van der Waals surface area contributed by atoms with Gasteiger partial charge in [-0.1, -0.05) is 30.3 Å². The lowest BCUT2D eigenvalue weighted by molar-refractivity contribution is 0.125. The first-order valence-corrected chi connectivity index (χ1v) is 12.8. The van der Waals surface area contributed by atoms with E-state index in [1.54, 1.807) is 7.11 Å². The number of fused-ring (bicyclic) bond motifs is 1. The van der Waals surface area contributed by atoms with Crippen molar-refractivity contribution in [2.75, 3.05) is 33.4 Å². The Morgan fingerprint density at radius 2 is 1.91 bits per heavy atom. The molecule has 4 rings (SSSR count). The fraction of sp³-hybridized carbons (Fsp3) is 0.483. The van der Waals surface area contributed by atoms with E-state index >= 15 is 0 Å². The molecule has 1 saturated heterocycles. The van der Waals surface area contributed by atoms with E-state index in [1.165, 1.54) is 16.5 Å². The SMILES string of the molecule is COCCCn1cc(C)c2ccc(OC(=O)N(C[C@H]3CNC[C@@H]3Cc3ccccc3)C(C)C)cc21. The highest BCUT2D eigenvalue weighted by atomic mass is 16.6. The Labute approximate surface area is 209 Å². The Kier molecular flexibility index (Phi) is 8.47. The summed E-state index contributed by atoms with van der Waals surface area (Å²) in [5.74, 6) is 1.49. The number of hydrogen-bond donors (Lipinski definition) is 1. The predicted molar refractivity (Wildman–Crippen MR) is 141 cm³/mol. The normalized spacial score (nSPS) is 17.9. The van der Waals surface area contributed by atoms with Gasteiger partial charge < -0.3 is 24.3 Å². The summed E-state index contributed by atoms with van der Waals surface area (Å²) in [6.07, 6.45) is 3.84. The van der Waals surface area contributed by atoms with Crippen molar-refractivity contribution in [3.63, 3.8) is 0 Å². The van der Waals surface area contributed by atoms with Gasteiger partial charge in [-0.3, -0.25) is 0 Å². The summed E-state index contributed by atoms with van der Waals surface area (Å²) >= 11 is 0. The lowest BCUT2D eigenvalue weighted by Crippen LogP contribution is -2.43. The number of carbonyl (C=O) groups excluding carboxylic acids is 1. The van der Waals surface area contributed by atoms with Crippen LogP contribution in [0, 0.1) is 18.8 Å². The van der Waals surface area contributed by atoms with Crippen LogP contribution in [0.15, 0.2) is 54.7 Å². The second-order valence-corrected chi connectivity index (χ2v) is 10.0. The molecule has 0 aliphatic carbocycles. The third-order valence-corrected chi connectivity index (χ3v) is 7.12. The van der Waals surface area contributed by atoms with Crippen LogP contribution in [0.1, 0.15) is 31.4 Å². The number of amides is 1. The molecule has 1 aliphatic rings. The minimum atomic E-state index is -0.279. The lowest BCUT2D eigenvalue weighted by atomic mass is 9.89. The van der Waals surface area contributed by atoms with Crippen molar-refractivity contribution >= 4 is 17.0 Å². The molecule has 3 aromatic rings. The van der Waals surface area contributed by atoms with E-state index in [0.717, 1.165) is 44.6 Å². The summed E-state index contributed by atoms with van der Waals surface area (Å²) < 4.78 is 13.4. The number of hydrogen-bond acceptors (Lipinski definition) is 4. The molecule has 0 radical (unpaired) electrons. The Morgan fingerprint density at radius 3 is 2.66 bits per heavy atom. The summed E-state index contributed by atoms with van der Waals surface area (Å²) in [4.78, 5) is 15.2. The third-order valence-electron chi connectivity index (χ3n) is 7.12. The average molecular weight is 478 g/mol. The zero-order valence-corrected chi connectivity index (χ0v) is 21.5. The molecule has 6 nitrogen and oxygen atoms in total. The quantitative estimate of drug-likeness (QED) is 0.404. The number of methoxy groups -OCH3 is 1. The van der Waals surface area contributed by atoms with Crippen LogP contribution in [-0.4, -0.2) is 55.0 Å². The van der Waals surface area contributed by atoms with Gasteiger partial charge in [0.2, 0.25) is 0 Å². The van der Waals surface area contributed by atoms with E-state index < -0.39 is 0 Å². The smallest absolute Gasteiger partial charge is 0.410 e. The second kappa shape index (κ2) is 11.7. The van der Waals surface area contributed by atoms with Crippen LogP contribution < -0.4 is 10.1 Å². The first kappa shape index (κ1) is 25.3. The third kappa shape index (κ3) is 6.24. The fourth-order valence-electron chi connectivity index (χ4n) is 5.15. The van der Waals surface area contributed by atoms with Gasteiger partial charge in [-0.25, -0.2) is 4.79 Å². The van der Waals surface area contributed by atoms with Gasteiger partial charge in [-0.2, -0.15) is 0 Å². The van der Waals surface area contributed by atoms with Gasteiger partial charge in [-0.05, 0) is 81.8 Å². The first-order valence-electron chi connectivity index (χ1n) is 12.8. The molecule has 2 aromatic carbocycles. The summed E-state index contributed by atoms with van der Waals surface area (Å²) in [5, 5.41) is 4.72. The van der Waals surface area contributed by atoms with Crippen LogP contribution >= 0.6 is 0 Å². The van der Waals surface area contributed by atoms with Crippen molar-refractivity contribution in [3.05, 3.63) is 65.9 Å². The molecule has 0 unspecified atom stereocenters. The van der Waals surface area contributed by atoms with Crippen LogP contribution in [0.25, 0.3) is 10.9 Å². The molecule has 1 fully saturated rings. The fourth-order valence-corrected chi connectivity index (χ4v) is 5.15. The molecular weight excluding hydrogens is 438 g/mol. The standard InChI is InChI=1S/C29H39N3O3/c1-21(2)32(20-25-18-30-17-24(25)15-23-9-6-5-7-10-23)29(33)35-26-11-12-27-22(3)19-31(28(27)16-26)13-8-14-34-4/h5-7,9-12,16,19,21,24-25,30H,8,13-15,17-18,20H2,1-4H3/t24-,25+/m0/s1. The predicted octanol–water partition coefficient (Wildman–Crippen LogP) is 5.27. The first-order chi connectivity index (χ1) is 17.0. The van der Waals surface area contributed by atoms with Crippen LogP contribution in [0.5, 0.6) is 5.75 Å². The molecule has 1 aromatic heterocycles. The van der Waals surface area contributed by atoms with Crippen molar-refractivity contribution < 1.29 is 14.3 Å². The largest absolute Gasteiger partial charge is 0.415 e. The van der Waals surface area contributed by atoms with Crippen molar-refractivity contribution in [1.29, 1.82) is 0 Å². The highest BCUT2D eigenvalue weighted by Crippen LogP contribution is 2.27. The number of rotatable bonds is 10. The van der Waals surface area contributed by atoms with Gasteiger partial charge in [0.05, 0.1) is 5.52 Å². The number of ether oxygens (including phenoxy) is 2. The van der Waals surface area contributed by atoms with E-state index in [0.29, 0.717) is 24.1 Å². The van der Waals surface area contributed by atoms with E-state index in [2.05, 4.69) is 73.3 Å². The van der Waals surface area contributed by atoms with Crippen LogP contribution in [-0.2, 0) is 17.7 Å². The summed E-state index contributed by atoms with van der Waals surface area (Å²) in [5.41, 5.74) is 3.65. The highest BCUT2D eigenvalue weighted by Gasteiger charge is 2.32. The summed E-state index contributed by atoms with van der Waals surface area (Å²) in [6, 6.07) is 16.6. The second-order valence-electron chi connectivity index (χ2n) is 10.0. The maximum atomic E-state index is 13.3. The monoisotopic (exact) mass is 477 g/mol. The number of benzene rings is 2. The molecule has 1 amide bonds. The molecule has 1 N–H and O–H groups in total. The van der Waals surface area contributed by atoms with Crippen molar-refractivity contribution in [2.45, 2.75) is 46.2 Å². The van der Waals surface area contributed by atoms with Gasteiger partial charge in [0, 0.05) is 50.5 Å². The van der Waals surface area contributed by atoms with E-state index in [-0.39, 0.29) is 12.1 Å². The van der Waals surface area contributed by atoms with E-state index in [1.807, 2.05) is 17.0 Å². The zero-order chi connectivity index (χ0) is 24.8. The molecule has 0 bridgehead atoms. The summed E-state index contributed by atoms with van der Waals surface area (Å²) in [6.45, 7) is 10.4. The van der Waals surface area contributed by atoms with Crippen LogP contribution in [0.3, 0.4) is 0 Å². The van der Waals surface area contributed by atoms with Gasteiger partial charge in [0.15, 0.2) is 0 Å². The molecule has 6 heteroatoms. The number of carbonyl (C=O) groups is 1. The van der Waals surface area contributed by atoms with Gasteiger partial charge >= 0.3 is 6.09 Å². The lowest BCUT2D eigenvalue weighted by Gasteiger charge is -2.30. The molecule has 0 spiro atoms. The number of nitrogens with zero attached hydrogens (tertiary/aromatic N) is 2. The maximum absolute atomic E-state index is 13.3. The Morgan fingerprint density at radius 1 is 1.14 bits per heavy atom. The molecule has 35 heavy (non-hydrogen) atoms. The molecule has 0 saturated carbocycles. The Bertz CT molecular complexity index is 1110. The van der Waals surface area contributed by atoms with Crippen molar-refractivity contribution in [3.8, 4) is 5.75 Å². The zero-order valence-electron chi connectivity index (χ0n) is 21.5. The molecule has 2 atom stereocenters. The summed E-state index contributed by atoms with van der Waals surface area (Å²) in [7, 11) is 1.72. The van der Waals surface area contributed by atoms with Gasteiger partial charge in [-0.15, -0.1) is 0 Å². The minimum Gasteiger partial charge on any atom is -0.410 e.